The number of benzene rings is 2. The van der Waals surface area contributed by atoms with Crippen molar-refractivity contribution in [3.8, 4) is 5.75 Å². The molecule has 3 rings (SSSR count). The first kappa shape index (κ1) is 18.9. The zero-order chi connectivity index (χ0) is 19.1. The summed E-state index contributed by atoms with van der Waals surface area (Å²) in [6, 6.07) is 20.8. The van der Waals surface area contributed by atoms with Gasteiger partial charge in [-0.2, -0.15) is 0 Å². The highest BCUT2D eigenvalue weighted by Gasteiger charge is 2.14. The highest BCUT2D eigenvalue weighted by Crippen LogP contribution is 2.18. The summed E-state index contributed by atoms with van der Waals surface area (Å²) in [5.41, 5.74) is 2.57. The smallest absolute Gasteiger partial charge is 0.265 e. The molecule has 0 saturated heterocycles. The summed E-state index contributed by atoms with van der Waals surface area (Å²) in [4.78, 5) is 16.7. The largest absolute Gasteiger partial charge is 0.481 e. The number of amides is 1. The molecule has 1 aromatic heterocycles. The molecule has 0 fully saturated rings. The normalized spacial score (nSPS) is 11.9. The maximum Gasteiger partial charge on any atom is 0.265 e. The van der Waals surface area contributed by atoms with Crippen molar-refractivity contribution in [3.05, 3.63) is 88.7 Å². The van der Waals surface area contributed by atoms with Gasteiger partial charge in [0.1, 0.15) is 5.75 Å². The van der Waals surface area contributed by atoms with E-state index in [1.165, 1.54) is 0 Å². The molecule has 0 spiro atoms. The average Bonchev–Trinajstić information content (AvgIpc) is 2.69. The monoisotopic (exact) mass is 422 g/mol. The number of hydrogen-bond acceptors (Lipinski definition) is 3. The third-order valence-electron chi connectivity index (χ3n) is 3.78. The Morgan fingerprint density at radius 1 is 1.07 bits per heavy atom. The lowest BCUT2D eigenvalue weighted by Crippen LogP contribution is -2.30. The summed E-state index contributed by atoms with van der Waals surface area (Å²) >= 11 is 3.37. The third kappa shape index (κ3) is 5.79. The van der Waals surface area contributed by atoms with Gasteiger partial charge in [0.2, 0.25) is 0 Å². The van der Waals surface area contributed by atoms with Crippen LogP contribution < -0.4 is 10.1 Å². The molecule has 1 unspecified atom stereocenters. The molecule has 0 aliphatic rings. The number of anilines is 1. The van der Waals surface area contributed by atoms with Crippen molar-refractivity contribution in [1.82, 2.24) is 4.98 Å². The number of pyridine rings is 1. The van der Waals surface area contributed by atoms with E-state index in [0.29, 0.717) is 5.75 Å². The molecule has 2 aromatic carbocycles. The molecule has 1 N–H and O–H groups in total. The van der Waals surface area contributed by atoms with Crippen LogP contribution in [0.4, 0.5) is 5.69 Å². The van der Waals surface area contributed by atoms with Gasteiger partial charge < -0.3 is 10.1 Å². The maximum absolute atomic E-state index is 12.4. The zero-order valence-electron chi connectivity index (χ0n) is 14.8. The second kappa shape index (κ2) is 9.14. The molecule has 0 saturated carbocycles. The van der Waals surface area contributed by atoms with Crippen LogP contribution >= 0.6 is 15.9 Å². The van der Waals surface area contributed by atoms with Gasteiger partial charge in [0.15, 0.2) is 6.10 Å². The topological polar surface area (TPSA) is 51.2 Å². The van der Waals surface area contributed by atoms with E-state index < -0.39 is 6.10 Å². The molecule has 5 heteroatoms. The van der Waals surface area contributed by atoms with Gasteiger partial charge in [0, 0.05) is 16.4 Å². The van der Waals surface area contributed by atoms with Gasteiger partial charge in [-0.15, -0.1) is 0 Å². The van der Waals surface area contributed by atoms with E-state index in [1.807, 2.05) is 78.9 Å². The van der Waals surface area contributed by atoms with Crippen LogP contribution in [0.25, 0.3) is 12.2 Å². The van der Waals surface area contributed by atoms with Crippen molar-refractivity contribution < 1.29 is 9.53 Å². The van der Waals surface area contributed by atoms with Gasteiger partial charge in [-0.05, 0) is 67.1 Å². The number of aromatic nitrogens is 1. The molecule has 0 bridgehead atoms. The van der Waals surface area contributed by atoms with Crippen LogP contribution in [0.2, 0.25) is 0 Å². The standard InChI is InChI=1S/C22H19BrN2O2/c1-16(27-21-12-9-18(23)10-13-21)22(26)25-20-7-4-5-17(15-20)8-11-19-6-2-3-14-24-19/h2-16H,1H3,(H,25,26)/b11-8+. The SMILES string of the molecule is CC(Oc1ccc(Br)cc1)C(=O)Nc1cccc(/C=C/c2ccccn2)c1. The van der Waals surface area contributed by atoms with Crippen molar-refractivity contribution in [2.75, 3.05) is 5.32 Å². The number of hydrogen-bond donors (Lipinski definition) is 1. The number of rotatable bonds is 6. The molecule has 0 radical (unpaired) electrons. The Kier molecular flexibility index (Phi) is 6.39. The molecule has 27 heavy (non-hydrogen) atoms. The van der Waals surface area contributed by atoms with Crippen LogP contribution in [0.5, 0.6) is 5.75 Å². The molecule has 0 aliphatic carbocycles. The summed E-state index contributed by atoms with van der Waals surface area (Å²) in [7, 11) is 0. The highest BCUT2D eigenvalue weighted by atomic mass is 79.9. The van der Waals surface area contributed by atoms with Gasteiger partial charge in [0.25, 0.3) is 5.91 Å². The van der Waals surface area contributed by atoms with E-state index in [1.54, 1.807) is 13.1 Å². The molecular formula is C22H19BrN2O2. The minimum Gasteiger partial charge on any atom is -0.481 e. The molecule has 1 atom stereocenters. The van der Waals surface area contributed by atoms with Gasteiger partial charge in [0.05, 0.1) is 5.69 Å². The van der Waals surface area contributed by atoms with Gasteiger partial charge in [-0.25, -0.2) is 0 Å². The number of halogens is 1. The number of ether oxygens (including phenoxy) is 1. The fraction of sp³-hybridized carbons (Fsp3) is 0.0909. The molecule has 4 nitrogen and oxygen atoms in total. The Hall–Kier alpha value is -2.92. The lowest BCUT2D eigenvalue weighted by molar-refractivity contribution is -0.122. The average molecular weight is 423 g/mol. The Morgan fingerprint density at radius 2 is 1.89 bits per heavy atom. The van der Waals surface area contributed by atoms with E-state index >= 15 is 0 Å². The number of nitrogens with zero attached hydrogens (tertiary/aromatic N) is 1. The van der Waals surface area contributed by atoms with Crippen LogP contribution in [0.3, 0.4) is 0 Å². The van der Waals surface area contributed by atoms with Gasteiger partial charge >= 0.3 is 0 Å². The molecule has 1 heterocycles. The molecular weight excluding hydrogens is 404 g/mol. The van der Waals surface area contributed by atoms with Crippen molar-refractivity contribution in [2.45, 2.75) is 13.0 Å². The Morgan fingerprint density at radius 3 is 2.63 bits per heavy atom. The van der Waals surface area contributed by atoms with Gasteiger partial charge in [-0.1, -0.05) is 40.2 Å². The second-order valence-corrected chi connectivity index (χ2v) is 6.83. The van der Waals surface area contributed by atoms with E-state index in [9.17, 15) is 4.79 Å². The maximum atomic E-state index is 12.4. The molecule has 0 aliphatic heterocycles. The molecule has 1 amide bonds. The lowest BCUT2D eigenvalue weighted by atomic mass is 10.1. The summed E-state index contributed by atoms with van der Waals surface area (Å²) < 4.78 is 6.64. The lowest BCUT2D eigenvalue weighted by Gasteiger charge is -2.15. The Balaban J connectivity index is 1.62. The predicted molar refractivity (Wildman–Crippen MR) is 112 cm³/mol. The first-order valence-electron chi connectivity index (χ1n) is 8.52. The summed E-state index contributed by atoms with van der Waals surface area (Å²) in [6.45, 7) is 1.72. The first-order valence-corrected chi connectivity index (χ1v) is 9.32. The summed E-state index contributed by atoms with van der Waals surface area (Å²) in [6.07, 6.45) is 5.03. The minimum absolute atomic E-state index is 0.205. The van der Waals surface area contributed by atoms with Crippen LogP contribution in [0.1, 0.15) is 18.2 Å². The fourth-order valence-corrected chi connectivity index (χ4v) is 2.66. The van der Waals surface area contributed by atoms with Crippen molar-refractivity contribution in [2.24, 2.45) is 0 Å². The Labute approximate surface area is 167 Å². The highest BCUT2D eigenvalue weighted by molar-refractivity contribution is 9.10. The number of nitrogens with one attached hydrogen (secondary N) is 1. The molecule has 3 aromatic rings. The van der Waals surface area contributed by atoms with Crippen LogP contribution in [-0.2, 0) is 4.79 Å². The van der Waals surface area contributed by atoms with E-state index in [4.69, 9.17) is 4.74 Å². The summed E-state index contributed by atoms with van der Waals surface area (Å²) in [5.74, 6) is 0.441. The quantitative estimate of drug-likeness (QED) is 0.576. The first-order chi connectivity index (χ1) is 13.1. The minimum atomic E-state index is -0.612. The Bertz CT molecular complexity index is 925. The molecule has 136 valence electrons. The predicted octanol–water partition coefficient (Wildman–Crippen LogP) is 5.42. The number of carbonyl (C=O) groups excluding carboxylic acids is 1. The van der Waals surface area contributed by atoms with Gasteiger partial charge in [-0.3, -0.25) is 9.78 Å². The third-order valence-corrected chi connectivity index (χ3v) is 4.31. The van der Waals surface area contributed by atoms with E-state index in [0.717, 1.165) is 21.4 Å². The van der Waals surface area contributed by atoms with Crippen molar-refractivity contribution in [1.29, 1.82) is 0 Å². The van der Waals surface area contributed by atoms with Crippen LogP contribution in [-0.4, -0.2) is 17.0 Å². The zero-order valence-corrected chi connectivity index (χ0v) is 16.4. The number of carbonyl (C=O) groups is 1. The van der Waals surface area contributed by atoms with Crippen molar-refractivity contribution in [3.63, 3.8) is 0 Å². The fourth-order valence-electron chi connectivity index (χ4n) is 2.39. The van der Waals surface area contributed by atoms with Crippen LogP contribution in [0.15, 0.2) is 77.4 Å². The second-order valence-electron chi connectivity index (χ2n) is 5.92. The van der Waals surface area contributed by atoms with Crippen LogP contribution in [0, 0.1) is 0 Å². The summed E-state index contributed by atoms with van der Waals surface area (Å²) in [5, 5.41) is 2.89. The van der Waals surface area contributed by atoms with Crippen molar-refractivity contribution >= 4 is 39.7 Å². The van der Waals surface area contributed by atoms with E-state index in [-0.39, 0.29) is 5.91 Å². The van der Waals surface area contributed by atoms with E-state index in [2.05, 4.69) is 26.2 Å².